The molecule has 6 heteroatoms. The Morgan fingerprint density at radius 1 is 1.57 bits per heavy atom. The number of nitrogens with zero attached hydrogens (tertiary/aromatic N) is 2. The third kappa shape index (κ3) is 3.81. The standard InChI is InChI=1S/C15H18N2O4/c1-10-7-12(10)9-16(2)13-4-5-14(17(20)21)11(8-13)3-6-15(18)19/h3-6,8,10,12H,7,9H2,1-2H3,(H,18,19)/b6-3+. The van der Waals surface area contributed by atoms with Gasteiger partial charge in [-0.15, -0.1) is 0 Å². The summed E-state index contributed by atoms with van der Waals surface area (Å²) >= 11 is 0. The van der Waals surface area contributed by atoms with Crippen molar-refractivity contribution in [1.29, 1.82) is 0 Å². The zero-order chi connectivity index (χ0) is 15.6. The number of aliphatic carboxylic acids is 1. The van der Waals surface area contributed by atoms with Gasteiger partial charge in [-0.05, 0) is 36.5 Å². The van der Waals surface area contributed by atoms with Crippen LogP contribution in [-0.4, -0.2) is 29.6 Å². The largest absolute Gasteiger partial charge is 0.478 e. The molecule has 1 aliphatic carbocycles. The summed E-state index contributed by atoms with van der Waals surface area (Å²) in [5.41, 5.74) is 1.06. The highest BCUT2D eigenvalue weighted by Gasteiger charge is 2.33. The van der Waals surface area contributed by atoms with Crippen LogP contribution in [0.1, 0.15) is 18.9 Å². The van der Waals surface area contributed by atoms with Crippen molar-refractivity contribution in [2.75, 3.05) is 18.5 Å². The number of rotatable bonds is 6. The molecule has 21 heavy (non-hydrogen) atoms. The summed E-state index contributed by atoms with van der Waals surface area (Å²) in [6, 6.07) is 4.78. The van der Waals surface area contributed by atoms with E-state index < -0.39 is 10.9 Å². The van der Waals surface area contributed by atoms with Crippen molar-refractivity contribution in [1.82, 2.24) is 0 Å². The minimum absolute atomic E-state index is 0.0931. The molecule has 0 aromatic heterocycles. The van der Waals surface area contributed by atoms with Crippen molar-refractivity contribution in [2.24, 2.45) is 11.8 Å². The van der Waals surface area contributed by atoms with E-state index in [1.807, 2.05) is 7.05 Å². The number of nitro benzene ring substituents is 1. The summed E-state index contributed by atoms with van der Waals surface area (Å²) in [4.78, 5) is 23.1. The second-order valence-electron chi connectivity index (χ2n) is 5.53. The van der Waals surface area contributed by atoms with Gasteiger partial charge >= 0.3 is 5.97 Å². The molecule has 1 aliphatic rings. The van der Waals surface area contributed by atoms with E-state index in [2.05, 4.69) is 11.8 Å². The molecule has 1 aromatic rings. The molecule has 0 aliphatic heterocycles. The maximum Gasteiger partial charge on any atom is 0.328 e. The average molecular weight is 290 g/mol. The summed E-state index contributed by atoms with van der Waals surface area (Å²) in [5, 5.41) is 19.7. The van der Waals surface area contributed by atoms with Crippen molar-refractivity contribution in [2.45, 2.75) is 13.3 Å². The summed E-state index contributed by atoms with van der Waals surface area (Å²) in [6.07, 6.45) is 3.38. The molecular formula is C15H18N2O4. The van der Waals surface area contributed by atoms with E-state index in [1.165, 1.54) is 18.6 Å². The highest BCUT2D eigenvalue weighted by atomic mass is 16.6. The quantitative estimate of drug-likeness (QED) is 0.495. The molecule has 2 atom stereocenters. The molecule has 1 saturated carbocycles. The topological polar surface area (TPSA) is 83.7 Å². The third-order valence-corrected chi connectivity index (χ3v) is 3.84. The highest BCUT2D eigenvalue weighted by Crippen LogP contribution is 2.39. The molecule has 0 spiro atoms. The van der Waals surface area contributed by atoms with Gasteiger partial charge in [-0.3, -0.25) is 10.1 Å². The van der Waals surface area contributed by atoms with E-state index in [0.717, 1.165) is 24.2 Å². The molecule has 0 radical (unpaired) electrons. The van der Waals surface area contributed by atoms with Gasteiger partial charge in [0, 0.05) is 31.4 Å². The summed E-state index contributed by atoms with van der Waals surface area (Å²) in [6.45, 7) is 3.11. The van der Waals surface area contributed by atoms with Crippen molar-refractivity contribution in [3.63, 3.8) is 0 Å². The normalized spacial score (nSPS) is 20.5. The van der Waals surface area contributed by atoms with Crippen LogP contribution in [0.4, 0.5) is 11.4 Å². The molecule has 1 fully saturated rings. The predicted molar refractivity (Wildman–Crippen MR) is 80.3 cm³/mol. The maximum atomic E-state index is 11.0. The van der Waals surface area contributed by atoms with Crippen LogP contribution in [0.25, 0.3) is 6.08 Å². The van der Waals surface area contributed by atoms with Gasteiger partial charge in [0.05, 0.1) is 10.5 Å². The number of anilines is 1. The number of hydrogen-bond acceptors (Lipinski definition) is 4. The SMILES string of the molecule is CC1CC1CN(C)c1ccc([N+](=O)[O-])c(/C=C/C(=O)O)c1. The second kappa shape index (κ2) is 5.95. The first-order chi connectivity index (χ1) is 9.88. The van der Waals surface area contributed by atoms with E-state index in [9.17, 15) is 14.9 Å². The Morgan fingerprint density at radius 3 is 2.76 bits per heavy atom. The van der Waals surface area contributed by atoms with Crippen molar-refractivity contribution in [3.8, 4) is 0 Å². The van der Waals surface area contributed by atoms with Crippen LogP contribution in [0.5, 0.6) is 0 Å². The van der Waals surface area contributed by atoms with Gasteiger partial charge in [-0.1, -0.05) is 6.92 Å². The number of nitro groups is 1. The van der Waals surface area contributed by atoms with E-state index in [-0.39, 0.29) is 5.69 Å². The predicted octanol–water partition coefficient (Wildman–Crippen LogP) is 2.78. The van der Waals surface area contributed by atoms with Crippen LogP contribution in [0, 0.1) is 22.0 Å². The molecule has 2 rings (SSSR count). The van der Waals surface area contributed by atoms with Gasteiger partial charge in [0.2, 0.25) is 0 Å². The lowest BCUT2D eigenvalue weighted by Crippen LogP contribution is -2.20. The molecular weight excluding hydrogens is 272 g/mol. The maximum absolute atomic E-state index is 11.0. The van der Waals surface area contributed by atoms with E-state index in [0.29, 0.717) is 11.5 Å². The monoisotopic (exact) mass is 290 g/mol. The summed E-state index contributed by atoms with van der Waals surface area (Å²) in [5.74, 6) is 0.273. The Bertz CT molecular complexity index is 597. The lowest BCUT2D eigenvalue weighted by atomic mass is 10.1. The Labute approximate surface area is 122 Å². The van der Waals surface area contributed by atoms with Gasteiger partial charge in [0.25, 0.3) is 5.69 Å². The Hall–Kier alpha value is -2.37. The Balaban J connectivity index is 2.25. The van der Waals surface area contributed by atoms with Gasteiger partial charge < -0.3 is 10.0 Å². The average Bonchev–Trinajstić information content (AvgIpc) is 3.11. The van der Waals surface area contributed by atoms with E-state index in [4.69, 9.17) is 5.11 Å². The fourth-order valence-electron chi connectivity index (χ4n) is 2.35. The van der Waals surface area contributed by atoms with Gasteiger partial charge in [0.15, 0.2) is 0 Å². The van der Waals surface area contributed by atoms with Crippen LogP contribution in [0.15, 0.2) is 24.3 Å². The lowest BCUT2D eigenvalue weighted by Gasteiger charge is -2.19. The van der Waals surface area contributed by atoms with E-state index >= 15 is 0 Å². The first-order valence-corrected chi connectivity index (χ1v) is 6.79. The molecule has 1 N–H and O–H groups in total. The molecule has 0 heterocycles. The number of carboxylic acid groups (broad SMARTS) is 1. The summed E-state index contributed by atoms with van der Waals surface area (Å²) < 4.78 is 0. The first-order valence-electron chi connectivity index (χ1n) is 6.79. The number of hydrogen-bond donors (Lipinski definition) is 1. The van der Waals surface area contributed by atoms with E-state index in [1.54, 1.807) is 12.1 Å². The highest BCUT2D eigenvalue weighted by molar-refractivity contribution is 5.86. The molecule has 112 valence electrons. The molecule has 6 nitrogen and oxygen atoms in total. The van der Waals surface area contributed by atoms with Crippen LogP contribution < -0.4 is 4.90 Å². The van der Waals surface area contributed by atoms with Crippen LogP contribution >= 0.6 is 0 Å². The second-order valence-corrected chi connectivity index (χ2v) is 5.53. The number of carbonyl (C=O) groups is 1. The van der Waals surface area contributed by atoms with Crippen molar-refractivity contribution < 1.29 is 14.8 Å². The van der Waals surface area contributed by atoms with Gasteiger partial charge in [0.1, 0.15) is 0 Å². The smallest absolute Gasteiger partial charge is 0.328 e. The fourth-order valence-corrected chi connectivity index (χ4v) is 2.35. The van der Waals surface area contributed by atoms with Crippen molar-refractivity contribution in [3.05, 3.63) is 40.0 Å². The molecule has 1 aromatic carbocycles. The van der Waals surface area contributed by atoms with Crippen molar-refractivity contribution >= 4 is 23.4 Å². The zero-order valence-electron chi connectivity index (χ0n) is 12.0. The number of carboxylic acids is 1. The zero-order valence-corrected chi connectivity index (χ0v) is 12.0. The summed E-state index contributed by atoms with van der Waals surface area (Å²) in [7, 11) is 1.94. The number of benzene rings is 1. The van der Waals surface area contributed by atoms with Crippen LogP contribution in [0.3, 0.4) is 0 Å². The minimum Gasteiger partial charge on any atom is -0.478 e. The fraction of sp³-hybridized carbons (Fsp3) is 0.400. The van der Waals surface area contributed by atoms with Crippen LogP contribution in [-0.2, 0) is 4.79 Å². The minimum atomic E-state index is -1.13. The first kappa shape index (κ1) is 15.0. The molecule has 2 unspecified atom stereocenters. The lowest BCUT2D eigenvalue weighted by molar-refractivity contribution is -0.385. The Kier molecular flexibility index (Phi) is 4.26. The molecule has 0 bridgehead atoms. The Morgan fingerprint density at radius 2 is 2.24 bits per heavy atom. The van der Waals surface area contributed by atoms with Gasteiger partial charge in [-0.2, -0.15) is 0 Å². The van der Waals surface area contributed by atoms with Gasteiger partial charge in [-0.25, -0.2) is 4.79 Å². The molecule has 0 saturated heterocycles. The third-order valence-electron chi connectivity index (χ3n) is 3.84. The molecule has 0 amide bonds. The van der Waals surface area contributed by atoms with Crippen LogP contribution in [0.2, 0.25) is 0 Å².